The molecule has 0 heterocycles. The highest BCUT2D eigenvalue weighted by Gasteiger charge is 2.14. The van der Waals surface area contributed by atoms with Crippen molar-refractivity contribution >= 4 is 5.97 Å². The van der Waals surface area contributed by atoms with Gasteiger partial charge >= 0.3 is 5.97 Å². The fourth-order valence-corrected chi connectivity index (χ4v) is 1.13. The minimum absolute atomic E-state index is 0.447. The highest BCUT2D eigenvalue weighted by molar-refractivity contribution is 5.73. The highest BCUT2D eigenvalue weighted by Crippen LogP contribution is 2.00. The van der Waals surface area contributed by atoms with Crippen molar-refractivity contribution in [3.05, 3.63) is 12.2 Å². The number of nitrogens with two attached hydrogens (primary N) is 1. The van der Waals surface area contributed by atoms with Gasteiger partial charge in [0.15, 0.2) is 0 Å². The maximum Gasteiger partial charge on any atom is 0.320 e. The average Bonchev–Trinajstić information content (AvgIpc) is 2.15. The fourth-order valence-electron chi connectivity index (χ4n) is 1.13. The summed E-state index contributed by atoms with van der Waals surface area (Å²) in [7, 11) is 0. The Hall–Kier alpha value is -0.870. The van der Waals surface area contributed by atoms with Gasteiger partial charge in [0.25, 0.3) is 0 Å². The van der Waals surface area contributed by atoms with Gasteiger partial charge in [-0.15, -0.1) is 0 Å². The predicted molar refractivity (Wildman–Crippen MR) is 57.1 cm³/mol. The minimum atomic E-state index is -0.786. The first-order valence-electron chi connectivity index (χ1n) is 4.99. The first kappa shape index (κ1) is 13.1. The van der Waals surface area contributed by atoms with Crippen molar-refractivity contribution in [3.63, 3.8) is 0 Å². The largest absolute Gasteiger partial charge is 0.480 e. The molecular weight excluding hydrogens is 180 g/mol. The van der Waals surface area contributed by atoms with Crippen molar-refractivity contribution in [1.82, 2.24) is 5.32 Å². The minimum Gasteiger partial charge on any atom is -0.480 e. The second-order valence-corrected chi connectivity index (χ2v) is 3.15. The Labute approximate surface area is 85.2 Å². The van der Waals surface area contributed by atoms with Crippen molar-refractivity contribution in [1.29, 1.82) is 0 Å². The van der Waals surface area contributed by atoms with Crippen LogP contribution in [0.2, 0.25) is 0 Å². The summed E-state index contributed by atoms with van der Waals surface area (Å²) in [6, 6.07) is -0.447. The molecule has 4 heteroatoms. The Morgan fingerprint density at radius 2 is 2.29 bits per heavy atom. The molecule has 14 heavy (non-hydrogen) atoms. The van der Waals surface area contributed by atoms with Crippen LogP contribution in [0.4, 0.5) is 0 Å². The van der Waals surface area contributed by atoms with Crippen LogP contribution in [0.25, 0.3) is 0 Å². The van der Waals surface area contributed by atoms with Crippen LogP contribution in [0.3, 0.4) is 0 Å². The third kappa shape index (κ3) is 6.62. The van der Waals surface area contributed by atoms with Crippen molar-refractivity contribution in [2.75, 3.05) is 13.1 Å². The number of allylic oxidation sites excluding steroid dienone is 1. The lowest BCUT2D eigenvalue weighted by Gasteiger charge is -2.12. The summed E-state index contributed by atoms with van der Waals surface area (Å²) in [5, 5.41) is 11.8. The molecule has 0 aliphatic rings. The molecule has 0 spiro atoms. The molecule has 0 aromatic heterocycles. The maximum atomic E-state index is 10.8. The van der Waals surface area contributed by atoms with Crippen LogP contribution in [0.15, 0.2) is 12.2 Å². The molecule has 0 aliphatic carbocycles. The Balaban J connectivity index is 3.72. The van der Waals surface area contributed by atoms with Gasteiger partial charge in [0.1, 0.15) is 6.04 Å². The summed E-state index contributed by atoms with van der Waals surface area (Å²) >= 11 is 0. The Kier molecular flexibility index (Phi) is 8.17. The Bertz CT molecular complexity index is 181. The zero-order valence-electron chi connectivity index (χ0n) is 8.70. The third-order valence-electron chi connectivity index (χ3n) is 1.96. The van der Waals surface area contributed by atoms with E-state index in [1.807, 2.05) is 19.1 Å². The molecule has 0 rings (SSSR count). The molecule has 82 valence electrons. The third-order valence-corrected chi connectivity index (χ3v) is 1.96. The van der Waals surface area contributed by atoms with Crippen molar-refractivity contribution < 1.29 is 9.90 Å². The van der Waals surface area contributed by atoms with Crippen molar-refractivity contribution in [2.24, 2.45) is 5.73 Å². The lowest BCUT2D eigenvalue weighted by Crippen LogP contribution is -2.36. The van der Waals surface area contributed by atoms with Gasteiger partial charge in [-0.25, -0.2) is 0 Å². The SMILES string of the molecule is C/C=C/CNC(CCCCN)C(=O)O. The van der Waals surface area contributed by atoms with Crippen LogP contribution in [0, 0.1) is 0 Å². The van der Waals surface area contributed by atoms with Crippen molar-refractivity contribution in [2.45, 2.75) is 32.2 Å². The molecular formula is C10H20N2O2. The molecule has 0 aliphatic heterocycles. The number of rotatable bonds is 8. The number of nitrogens with one attached hydrogen (secondary N) is 1. The summed E-state index contributed by atoms with van der Waals surface area (Å²) < 4.78 is 0. The predicted octanol–water partition coefficient (Wildman–Crippen LogP) is 0.734. The van der Waals surface area contributed by atoms with E-state index in [0.29, 0.717) is 19.5 Å². The van der Waals surface area contributed by atoms with E-state index in [4.69, 9.17) is 10.8 Å². The van der Waals surface area contributed by atoms with Crippen LogP contribution in [-0.2, 0) is 4.79 Å². The summed E-state index contributed by atoms with van der Waals surface area (Å²) in [6.07, 6.45) is 6.18. The molecule has 0 saturated carbocycles. The van der Waals surface area contributed by atoms with Gasteiger partial charge in [-0.1, -0.05) is 18.6 Å². The van der Waals surface area contributed by atoms with Gasteiger partial charge in [-0.05, 0) is 26.3 Å². The zero-order valence-corrected chi connectivity index (χ0v) is 8.70. The molecule has 0 fully saturated rings. The van der Waals surface area contributed by atoms with Crippen LogP contribution in [-0.4, -0.2) is 30.2 Å². The molecule has 4 N–H and O–H groups in total. The summed E-state index contributed by atoms with van der Waals surface area (Å²) in [5.41, 5.74) is 5.33. The quantitative estimate of drug-likeness (QED) is 0.399. The van der Waals surface area contributed by atoms with Gasteiger partial charge in [-0.3, -0.25) is 4.79 Å². The van der Waals surface area contributed by atoms with E-state index in [2.05, 4.69) is 5.32 Å². The second kappa shape index (κ2) is 8.72. The van der Waals surface area contributed by atoms with Gasteiger partial charge in [0, 0.05) is 6.54 Å². The van der Waals surface area contributed by atoms with Crippen LogP contribution in [0.5, 0.6) is 0 Å². The topological polar surface area (TPSA) is 75.3 Å². The smallest absolute Gasteiger partial charge is 0.320 e. The van der Waals surface area contributed by atoms with E-state index in [0.717, 1.165) is 12.8 Å². The first-order valence-corrected chi connectivity index (χ1v) is 4.99. The van der Waals surface area contributed by atoms with E-state index >= 15 is 0 Å². The molecule has 0 saturated heterocycles. The summed E-state index contributed by atoms with van der Waals surface area (Å²) in [4.78, 5) is 10.8. The number of hydrogen-bond acceptors (Lipinski definition) is 3. The van der Waals surface area contributed by atoms with Crippen LogP contribution < -0.4 is 11.1 Å². The first-order chi connectivity index (χ1) is 6.72. The number of carboxylic acids is 1. The van der Waals surface area contributed by atoms with Gasteiger partial charge in [0.2, 0.25) is 0 Å². The average molecular weight is 200 g/mol. The van der Waals surface area contributed by atoms with Crippen molar-refractivity contribution in [3.8, 4) is 0 Å². The fraction of sp³-hybridized carbons (Fsp3) is 0.700. The Morgan fingerprint density at radius 3 is 2.79 bits per heavy atom. The molecule has 0 aromatic rings. The van der Waals surface area contributed by atoms with E-state index in [9.17, 15) is 4.79 Å². The number of carbonyl (C=O) groups is 1. The van der Waals surface area contributed by atoms with E-state index < -0.39 is 12.0 Å². The van der Waals surface area contributed by atoms with Crippen LogP contribution >= 0.6 is 0 Å². The van der Waals surface area contributed by atoms with Gasteiger partial charge in [0.05, 0.1) is 0 Å². The lowest BCUT2D eigenvalue weighted by molar-refractivity contribution is -0.139. The van der Waals surface area contributed by atoms with E-state index in [-0.39, 0.29) is 0 Å². The molecule has 1 atom stereocenters. The molecule has 0 amide bonds. The standard InChI is InChI=1S/C10H20N2O2/c1-2-3-8-12-9(10(13)14)6-4-5-7-11/h2-3,9,12H,4-8,11H2,1H3,(H,13,14)/b3-2+. The lowest BCUT2D eigenvalue weighted by atomic mass is 10.1. The number of hydrogen-bond donors (Lipinski definition) is 3. The number of aliphatic carboxylic acids is 1. The van der Waals surface area contributed by atoms with Gasteiger partial charge in [-0.2, -0.15) is 0 Å². The molecule has 0 bridgehead atoms. The molecule has 0 aromatic carbocycles. The number of carboxylic acid groups (broad SMARTS) is 1. The van der Waals surface area contributed by atoms with Crippen LogP contribution in [0.1, 0.15) is 26.2 Å². The highest BCUT2D eigenvalue weighted by atomic mass is 16.4. The number of unbranched alkanes of at least 4 members (excludes halogenated alkanes) is 1. The molecule has 0 radical (unpaired) electrons. The normalized spacial score (nSPS) is 13.3. The maximum absolute atomic E-state index is 10.8. The van der Waals surface area contributed by atoms with E-state index in [1.165, 1.54) is 0 Å². The second-order valence-electron chi connectivity index (χ2n) is 3.15. The summed E-state index contributed by atoms with van der Waals surface area (Å²) in [5.74, 6) is -0.786. The molecule has 4 nitrogen and oxygen atoms in total. The van der Waals surface area contributed by atoms with Gasteiger partial charge < -0.3 is 16.2 Å². The Morgan fingerprint density at radius 1 is 1.57 bits per heavy atom. The summed E-state index contributed by atoms with van der Waals surface area (Å²) in [6.45, 7) is 3.14. The zero-order chi connectivity index (χ0) is 10.8. The monoisotopic (exact) mass is 200 g/mol. The molecule has 1 unspecified atom stereocenters. The van der Waals surface area contributed by atoms with E-state index in [1.54, 1.807) is 0 Å².